The number of carbonyl (C=O) groups excluding carboxylic acids is 2. The van der Waals surface area contributed by atoms with E-state index in [0.29, 0.717) is 18.1 Å². The number of aryl methyl sites for hydroxylation is 2. The first-order chi connectivity index (χ1) is 14.6. The Balaban J connectivity index is 2.08. The molecule has 0 aliphatic carbocycles. The normalized spacial score (nSPS) is 12.1. The number of ether oxygens (including phenoxy) is 1. The fourth-order valence-corrected chi connectivity index (χ4v) is 3.24. The number of hydrogen-bond donors (Lipinski definition) is 3. The third kappa shape index (κ3) is 8.84. The van der Waals surface area contributed by atoms with E-state index in [1.807, 2.05) is 38.3 Å². The monoisotopic (exact) mass is 445 g/mol. The molecule has 0 aliphatic heterocycles. The van der Waals surface area contributed by atoms with Crippen LogP contribution in [0, 0.1) is 13.8 Å². The minimum Gasteiger partial charge on any atom is -0.444 e. The van der Waals surface area contributed by atoms with E-state index in [0.717, 1.165) is 22.8 Å². The Labute approximate surface area is 188 Å². The molecule has 31 heavy (non-hydrogen) atoms. The van der Waals surface area contributed by atoms with Crippen molar-refractivity contribution in [3.05, 3.63) is 41.7 Å². The van der Waals surface area contributed by atoms with Crippen LogP contribution in [0.1, 0.15) is 38.6 Å². The molecular formula is C22H31N5O3S. The molecule has 0 spiro atoms. The lowest BCUT2D eigenvalue weighted by molar-refractivity contribution is -0.118. The molecule has 9 heteroatoms. The van der Waals surface area contributed by atoms with Crippen LogP contribution in [0.3, 0.4) is 0 Å². The van der Waals surface area contributed by atoms with Gasteiger partial charge in [0, 0.05) is 22.8 Å². The van der Waals surface area contributed by atoms with Crippen LogP contribution in [0.15, 0.2) is 30.3 Å². The highest BCUT2D eigenvalue weighted by Gasteiger charge is 2.24. The molecule has 1 aromatic heterocycles. The van der Waals surface area contributed by atoms with Gasteiger partial charge in [0.25, 0.3) is 0 Å². The predicted molar refractivity (Wildman–Crippen MR) is 126 cm³/mol. The highest BCUT2D eigenvalue weighted by atomic mass is 32.2. The molecule has 1 atom stereocenters. The smallest absolute Gasteiger partial charge is 0.408 e. The fraction of sp³-hybridized carbons (Fsp3) is 0.455. The Bertz CT molecular complexity index is 894. The third-order valence-corrected chi connectivity index (χ3v) is 4.63. The van der Waals surface area contributed by atoms with Crippen LogP contribution >= 0.6 is 11.8 Å². The van der Waals surface area contributed by atoms with Gasteiger partial charge in [0.05, 0.1) is 0 Å². The second-order valence-corrected chi connectivity index (χ2v) is 9.14. The molecule has 0 saturated carbocycles. The molecule has 0 fully saturated rings. The van der Waals surface area contributed by atoms with Gasteiger partial charge in [-0.2, -0.15) is 11.8 Å². The van der Waals surface area contributed by atoms with Crippen LogP contribution in [0.25, 0.3) is 0 Å². The van der Waals surface area contributed by atoms with Crippen LogP contribution in [-0.4, -0.2) is 45.6 Å². The molecule has 0 aliphatic rings. The summed E-state index contributed by atoms with van der Waals surface area (Å²) >= 11 is 1.60. The van der Waals surface area contributed by atoms with Crippen molar-refractivity contribution in [2.45, 2.75) is 52.7 Å². The number of rotatable bonds is 8. The zero-order valence-electron chi connectivity index (χ0n) is 18.9. The summed E-state index contributed by atoms with van der Waals surface area (Å²) in [4.78, 5) is 33.7. The average Bonchev–Trinajstić information content (AvgIpc) is 2.63. The molecule has 3 N–H and O–H groups in total. The number of anilines is 3. The van der Waals surface area contributed by atoms with Gasteiger partial charge < -0.3 is 20.7 Å². The maximum absolute atomic E-state index is 12.8. The van der Waals surface area contributed by atoms with E-state index in [4.69, 9.17) is 4.74 Å². The summed E-state index contributed by atoms with van der Waals surface area (Å²) in [5.41, 5.74) is 2.43. The zero-order valence-corrected chi connectivity index (χ0v) is 19.7. The average molecular weight is 446 g/mol. The second-order valence-electron chi connectivity index (χ2n) is 8.15. The standard InChI is InChI=1S/C22H31N5O3S/c1-14-12-15(2)24-20(23-14)26-17-9-7-8-16(13-17)25-19(28)18(10-11-31-6)27-21(29)30-22(3,4)5/h7-9,12-13,18H,10-11H2,1-6H3,(H,25,28)(H,27,29)(H,23,24,26). The van der Waals surface area contributed by atoms with Crippen molar-refractivity contribution in [2.24, 2.45) is 0 Å². The van der Waals surface area contributed by atoms with E-state index < -0.39 is 17.7 Å². The van der Waals surface area contributed by atoms with Crippen molar-refractivity contribution < 1.29 is 14.3 Å². The van der Waals surface area contributed by atoms with E-state index in [1.165, 1.54) is 0 Å². The largest absolute Gasteiger partial charge is 0.444 e. The molecule has 0 radical (unpaired) electrons. The Hall–Kier alpha value is -2.81. The first-order valence-electron chi connectivity index (χ1n) is 10.0. The Morgan fingerprint density at radius 3 is 2.35 bits per heavy atom. The molecule has 1 heterocycles. The number of nitrogens with one attached hydrogen (secondary N) is 3. The summed E-state index contributed by atoms with van der Waals surface area (Å²) in [5, 5.41) is 8.70. The van der Waals surface area contributed by atoms with Gasteiger partial charge in [-0.05, 0) is 77.3 Å². The molecule has 0 saturated heterocycles. The van der Waals surface area contributed by atoms with Crippen LogP contribution in [-0.2, 0) is 9.53 Å². The van der Waals surface area contributed by atoms with Gasteiger partial charge >= 0.3 is 6.09 Å². The zero-order chi connectivity index (χ0) is 23.0. The van der Waals surface area contributed by atoms with E-state index in [-0.39, 0.29) is 5.91 Å². The SMILES string of the molecule is CSCCC(NC(=O)OC(C)(C)C)C(=O)Nc1cccc(Nc2nc(C)cc(C)n2)c1. The molecule has 2 rings (SSSR count). The molecule has 2 amide bonds. The number of benzene rings is 1. The first-order valence-corrected chi connectivity index (χ1v) is 11.4. The van der Waals surface area contributed by atoms with Crippen LogP contribution < -0.4 is 16.0 Å². The molecule has 168 valence electrons. The van der Waals surface area contributed by atoms with E-state index in [9.17, 15) is 9.59 Å². The topological polar surface area (TPSA) is 105 Å². The molecular weight excluding hydrogens is 414 g/mol. The first kappa shape index (κ1) is 24.5. The molecule has 1 unspecified atom stereocenters. The van der Waals surface area contributed by atoms with Crippen molar-refractivity contribution in [2.75, 3.05) is 22.6 Å². The molecule has 0 bridgehead atoms. The van der Waals surface area contributed by atoms with E-state index in [2.05, 4.69) is 25.9 Å². The van der Waals surface area contributed by atoms with Crippen molar-refractivity contribution in [1.29, 1.82) is 0 Å². The van der Waals surface area contributed by atoms with Gasteiger partial charge in [0.1, 0.15) is 11.6 Å². The quantitative estimate of drug-likeness (QED) is 0.552. The Morgan fingerprint density at radius 1 is 1.10 bits per heavy atom. The van der Waals surface area contributed by atoms with E-state index in [1.54, 1.807) is 44.7 Å². The third-order valence-electron chi connectivity index (χ3n) is 3.99. The molecule has 2 aromatic rings. The van der Waals surface area contributed by atoms with Crippen LogP contribution in [0.5, 0.6) is 0 Å². The number of thioether (sulfide) groups is 1. The summed E-state index contributed by atoms with van der Waals surface area (Å²) in [5.74, 6) is 0.907. The summed E-state index contributed by atoms with van der Waals surface area (Å²) < 4.78 is 5.29. The van der Waals surface area contributed by atoms with Crippen molar-refractivity contribution in [3.63, 3.8) is 0 Å². The van der Waals surface area contributed by atoms with E-state index >= 15 is 0 Å². The minimum absolute atomic E-state index is 0.306. The number of nitrogens with zero attached hydrogens (tertiary/aromatic N) is 2. The number of carbonyl (C=O) groups is 2. The predicted octanol–water partition coefficient (Wildman–Crippen LogP) is 4.42. The highest BCUT2D eigenvalue weighted by molar-refractivity contribution is 7.98. The van der Waals surface area contributed by atoms with Crippen molar-refractivity contribution >= 4 is 41.1 Å². The van der Waals surface area contributed by atoms with Gasteiger partial charge in [-0.25, -0.2) is 14.8 Å². The van der Waals surface area contributed by atoms with Crippen molar-refractivity contribution in [3.8, 4) is 0 Å². The summed E-state index contributed by atoms with van der Waals surface area (Å²) in [7, 11) is 0. The van der Waals surface area contributed by atoms with Gasteiger partial charge in [-0.3, -0.25) is 4.79 Å². The number of alkyl carbamates (subject to hydrolysis) is 1. The highest BCUT2D eigenvalue weighted by Crippen LogP contribution is 2.19. The van der Waals surface area contributed by atoms with Gasteiger partial charge in [-0.15, -0.1) is 0 Å². The fourth-order valence-electron chi connectivity index (χ4n) is 2.77. The maximum Gasteiger partial charge on any atom is 0.408 e. The summed E-state index contributed by atoms with van der Waals surface area (Å²) in [6.07, 6.45) is 1.82. The van der Waals surface area contributed by atoms with Crippen molar-refractivity contribution in [1.82, 2.24) is 15.3 Å². The molecule has 1 aromatic carbocycles. The van der Waals surface area contributed by atoms with Crippen LogP contribution in [0.2, 0.25) is 0 Å². The van der Waals surface area contributed by atoms with Crippen LogP contribution in [0.4, 0.5) is 22.1 Å². The number of aromatic nitrogens is 2. The Kier molecular flexibility index (Phi) is 8.67. The minimum atomic E-state index is -0.707. The lowest BCUT2D eigenvalue weighted by atomic mass is 10.2. The maximum atomic E-state index is 12.8. The second kappa shape index (κ2) is 11.0. The lowest BCUT2D eigenvalue weighted by Gasteiger charge is -2.23. The lowest BCUT2D eigenvalue weighted by Crippen LogP contribution is -2.46. The number of amides is 2. The summed E-state index contributed by atoms with van der Waals surface area (Å²) in [6.45, 7) is 9.15. The number of hydrogen-bond acceptors (Lipinski definition) is 7. The molecule has 8 nitrogen and oxygen atoms in total. The van der Waals surface area contributed by atoms with Gasteiger partial charge in [0.2, 0.25) is 11.9 Å². The Morgan fingerprint density at radius 2 is 1.74 bits per heavy atom. The van der Waals surface area contributed by atoms with Gasteiger partial charge in [-0.1, -0.05) is 6.07 Å². The van der Waals surface area contributed by atoms with Gasteiger partial charge in [0.15, 0.2) is 0 Å². The summed E-state index contributed by atoms with van der Waals surface area (Å²) in [6, 6.07) is 8.44.